The summed E-state index contributed by atoms with van der Waals surface area (Å²) in [4.78, 5) is 24.4. The monoisotopic (exact) mass is 878 g/mol. The maximum atomic E-state index is 12.8. The van der Waals surface area contributed by atoms with E-state index < -0.39 is 185 Å². The average molecular weight is 879 g/mol. The molecule has 0 aromatic heterocycles. The lowest BCUT2D eigenvalue weighted by molar-refractivity contribution is -0.393. The summed E-state index contributed by atoms with van der Waals surface area (Å²) < 4.78 is 52.5. The molecule has 5 aliphatic heterocycles. The zero-order valence-corrected chi connectivity index (χ0v) is 32.9. The summed E-state index contributed by atoms with van der Waals surface area (Å²) >= 11 is 0. The van der Waals surface area contributed by atoms with E-state index in [4.69, 9.17) is 42.6 Å². The van der Waals surface area contributed by atoms with Crippen molar-refractivity contribution in [1.82, 2.24) is 10.6 Å². The molecule has 2 amide bonds. The van der Waals surface area contributed by atoms with Crippen molar-refractivity contribution in [1.29, 1.82) is 0 Å². The Hall–Kier alpha value is -1.94. The Morgan fingerprint density at radius 1 is 0.467 bits per heavy atom. The molecule has 5 saturated heterocycles. The fourth-order valence-corrected chi connectivity index (χ4v) is 7.60. The first-order valence-electron chi connectivity index (χ1n) is 19.3. The normalized spacial score (nSPS) is 50.2. The second kappa shape index (κ2) is 20.7. The van der Waals surface area contributed by atoms with Gasteiger partial charge in [0, 0.05) is 13.8 Å². The van der Waals surface area contributed by atoms with Gasteiger partial charge >= 0.3 is 0 Å². The van der Waals surface area contributed by atoms with E-state index in [9.17, 15) is 76.0 Å². The highest BCUT2D eigenvalue weighted by Crippen LogP contribution is 2.36. The highest BCUT2D eigenvalue weighted by molar-refractivity contribution is 5.73. The third-order valence-corrected chi connectivity index (χ3v) is 11.0. The summed E-state index contributed by atoms with van der Waals surface area (Å²) in [6, 6.07) is -3.05. The van der Waals surface area contributed by atoms with Gasteiger partial charge in [0.1, 0.15) is 110 Å². The first-order valence-corrected chi connectivity index (χ1v) is 19.3. The Morgan fingerprint density at radius 3 is 1.45 bits per heavy atom. The van der Waals surface area contributed by atoms with Gasteiger partial charge in [0.05, 0.1) is 32.0 Å². The van der Waals surface area contributed by atoms with Crippen LogP contribution in [-0.4, -0.2) is 251 Å². The summed E-state index contributed by atoms with van der Waals surface area (Å²) in [7, 11) is 0. The van der Waals surface area contributed by atoms with Crippen molar-refractivity contribution in [2.75, 3.05) is 19.8 Å². The molecular formula is C34H58N2O24. The number of hydrogen-bond acceptors (Lipinski definition) is 24. The van der Waals surface area contributed by atoms with Gasteiger partial charge in [-0.1, -0.05) is 0 Å². The van der Waals surface area contributed by atoms with Crippen LogP contribution in [-0.2, 0) is 52.2 Å². The number of hydrogen-bond donors (Lipinski definition) is 15. The van der Waals surface area contributed by atoms with Crippen molar-refractivity contribution in [2.24, 2.45) is 0 Å². The number of carbonyl (C=O) groups excluding carboxylic acids is 2. The molecule has 25 atom stereocenters. The van der Waals surface area contributed by atoms with E-state index in [1.54, 1.807) is 0 Å². The molecule has 0 spiro atoms. The molecule has 26 nitrogen and oxygen atoms in total. The van der Waals surface area contributed by atoms with Crippen molar-refractivity contribution in [2.45, 2.75) is 181 Å². The van der Waals surface area contributed by atoms with Gasteiger partial charge in [0.25, 0.3) is 0 Å². The average Bonchev–Trinajstić information content (AvgIpc) is 3.20. The van der Waals surface area contributed by atoms with Crippen molar-refractivity contribution in [3.05, 3.63) is 0 Å². The van der Waals surface area contributed by atoms with Crippen molar-refractivity contribution in [3.8, 4) is 0 Å². The van der Waals surface area contributed by atoms with Gasteiger partial charge < -0.3 is 120 Å². The summed E-state index contributed by atoms with van der Waals surface area (Å²) in [5.74, 6) is -1.42. The molecule has 26 heteroatoms. The van der Waals surface area contributed by atoms with Crippen LogP contribution in [0.1, 0.15) is 27.7 Å². The number of aliphatic hydroxyl groups excluding tert-OH is 13. The summed E-state index contributed by atoms with van der Waals surface area (Å²) in [6.07, 6.45) is -39.7. The zero-order chi connectivity index (χ0) is 44.5. The number of ether oxygens (including phenoxy) is 9. The maximum Gasteiger partial charge on any atom is 0.217 e. The molecule has 0 aromatic carbocycles. The van der Waals surface area contributed by atoms with Crippen LogP contribution in [0.5, 0.6) is 0 Å². The molecule has 5 fully saturated rings. The highest BCUT2D eigenvalue weighted by atomic mass is 16.8. The molecule has 60 heavy (non-hydrogen) atoms. The lowest BCUT2D eigenvalue weighted by atomic mass is 9.94. The van der Waals surface area contributed by atoms with Crippen LogP contribution in [0.4, 0.5) is 0 Å². The second-order valence-corrected chi connectivity index (χ2v) is 15.4. The number of rotatable bonds is 13. The minimum absolute atomic E-state index is 0.652. The summed E-state index contributed by atoms with van der Waals surface area (Å²) in [5, 5.41) is 143. The van der Waals surface area contributed by atoms with E-state index in [0.29, 0.717) is 0 Å². The van der Waals surface area contributed by atoms with E-state index in [0.717, 1.165) is 13.8 Å². The fourth-order valence-electron chi connectivity index (χ4n) is 7.60. The fraction of sp³-hybridized carbons (Fsp3) is 0.941. The highest BCUT2D eigenvalue weighted by Gasteiger charge is 2.57. The van der Waals surface area contributed by atoms with E-state index >= 15 is 0 Å². The Labute approximate surface area is 342 Å². The Morgan fingerprint density at radius 2 is 0.933 bits per heavy atom. The Bertz CT molecular complexity index is 1410. The second-order valence-electron chi connectivity index (χ2n) is 15.4. The predicted molar refractivity (Wildman–Crippen MR) is 187 cm³/mol. The molecule has 5 rings (SSSR count). The van der Waals surface area contributed by atoms with Crippen LogP contribution in [0.15, 0.2) is 0 Å². The van der Waals surface area contributed by atoms with Crippen LogP contribution in [0, 0.1) is 0 Å². The molecule has 0 aromatic rings. The van der Waals surface area contributed by atoms with Crippen LogP contribution in [0.2, 0.25) is 0 Å². The summed E-state index contributed by atoms with van der Waals surface area (Å²) in [5.41, 5.74) is 0. The van der Waals surface area contributed by atoms with Gasteiger partial charge in [0.2, 0.25) is 11.8 Å². The van der Waals surface area contributed by atoms with Gasteiger partial charge in [-0.05, 0) is 13.8 Å². The minimum Gasteiger partial charge on any atom is -0.394 e. The molecule has 5 heterocycles. The van der Waals surface area contributed by atoms with Gasteiger partial charge in [-0.15, -0.1) is 0 Å². The predicted octanol–water partition coefficient (Wildman–Crippen LogP) is -9.58. The molecule has 15 N–H and O–H groups in total. The number of nitrogens with one attached hydrogen (secondary N) is 2. The minimum atomic E-state index is -2.01. The van der Waals surface area contributed by atoms with E-state index in [1.807, 2.05) is 0 Å². The smallest absolute Gasteiger partial charge is 0.217 e. The van der Waals surface area contributed by atoms with Crippen molar-refractivity contribution in [3.63, 3.8) is 0 Å². The lowest BCUT2D eigenvalue weighted by Crippen LogP contribution is -2.70. The van der Waals surface area contributed by atoms with Gasteiger partial charge in [-0.2, -0.15) is 0 Å². The first kappa shape index (κ1) is 49.1. The standard InChI is InChI=1S/C34H58N2O24/c1-8-17(41)22(46)25(49)32(53-8)59-28-16(36-11(4)40)31(52-7-14-20(44)21(45)15(30(51)55-14)35-10(3)39)57-13(6-38)27(28)58-34-29(24(48)19(43)12(5-37)56-34)60-33-26(50)23(47)18(42)9(2)54-33/h8-9,12-34,37-38,41-51H,5-7H2,1-4H3,(H,35,39)(H,36,40)/t8-,9-,12+,13+,14+,15+,16+,17+,18+,19-,20-,21+,22+,23+,24-,25-,26-,27+,28+,29+,30?,31+,32-,33-,34-/m0/s1. The Balaban J connectivity index is 1.49. The number of amides is 2. The van der Waals surface area contributed by atoms with E-state index in [2.05, 4.69) is 10.6 Å². The SMILES string of the molecule is CC(=O)N[C@H]1[C@H](OC[C@H]2OC(O)[C@H](NC(C)=O)[C@@H](O)[C@H]2O)O[C@H](CO)[C@@H](O[C@@H]2O[C@H](CO)[C@H](O)[C@H](O)[C@H]2O[C@@H]2O[C@@H](C)[C@@H](O)[C@@H](O)[C@@H]2O)[C@@H]1O[C@@H]1O[C@@H](C)[C@@H](O)[C@@H](O)[C@@H]1O. The Kier molecular flexibility index (Phi) is 16.9. The van der Waals surface area contributed by atoms with Crippen LogP contribution < -0.4 is 10.6 Å². The van der Waals surface area contributed by atoms with Crippen LogP contribution in [0.25, 0.3) is 0 Å². The third-order valence-electron chi connectivity index (χ3n) is 11.0. The topological polar surface area (TPSA) is 404 Å². The van der Waals surface area contributed by atoms with Gasteiger partial charge in [-0.3, -0.25) is 9.59 Å². The zero-order valence-electron chi connectivity index (χ0n) is 32.9. The first-order chi connectivity index (χ1) is 28.2. The molecule has 0 bridgehead atoms. The molecular weight excluding hydrogens is 820 g/mol. The van der Waals surface area contributed by atoms with E-state index in [1.165, 1.54) is 13.8 Å². The van der Waals surface area contributed by atoms with Crippen LogP contribution >= 0.6 is 0 Å². The van der Waals surface area contributed by atoms with Crippen molar-refractivity contribution >= 4 is 11.8 Å². The molecule has 0 radical (unpaired) electrons. The lowest BCUT2D eigenvalue weighted by Gasteiger charge is -2.51. The maximum absolute atomic E-state index is 12.8. The van der Waals surface area contributed by atoms with Gasteiger partial charge in [0.15, 0.2) is 31.5 Å². The molecule has 1 unspecified atom stereocenters. The molecule has 0 saturated carbocycles. The summed E-state index contributed by atoms with van der Waals surface area (Å²) in [6.45, 7) is 2.27. The largest absolute Gasteiger partial charge is 0.394 e. The molecule has 0 aliphatic carbocycles. The quantitative estimate of drug-likeness (QED) is 0.0817. The number of aliphatic hydroxyl groups is 13. The number of carbonyl (C=O) groups is 2. The van der Waals surface area contributed by atoms with Crippen LogP contribution in [0.3, 0.4) is 0 Å². The third kappa shape index (κ3) is 10.5. The molecule has 5 aliphatic rings. The van der Waals surface area contributed by atoms with Crippen molar-refractivity contribution < 1.29 is 119 Å². The molecule has 348 valence electrons. The van der Waals surface area contributed by atoms with Gasteiger partial charge in [-0.25, -0.2) is 0 Å². The van der Waals surface area contributed by atoms with E-state index in [-0.39, 0.29) is 0 Å².